The van der Waals surface area contributed by atoms with E-state index in [4.69, 9.17) is 10.6 Å². The number of piperazine rings is 1. The van der Waals surface area contributed by atoms with Crippen molar-refractivity contribution in [3.8, 4) is 6.01 Å². The average Bonchev–Trinajstić information content (AvgIpc) is 2.41. The third kappa shape index (κ3) is 2.25. The van der Waals surface area contributed by atoms with Crippen LogP contribution in [-0.4, -0.2) is 47.1 Å². The van der Waals surface area contributed by atoms with Crippen molar-refractivity contribution < 1.29 is 9.53 Å². The molecule has 1 saturated heterocycles. The molecule has 1 aliphatic rings. The second-order valence-electron chi connectivity index (χ2n) is 3.75. The number of aromatic nitrogens is 3. The van der Waals surface area contributed by atoms with Crippen LogP contribution in [0.2, 0.25) is 0 Å². The monoisotopic (exact) mass is 253 g/mol. The van der Waals surface area contributed by atoms with Crippen LogP contribution in [0.4, 0.5) is 11.9 Å². The van der Waals surface area contributed by atoms with E-state index >= 15 is 0 Å². The molecule has 0 spiro atoms. The normalized spacial score (nSPS) is 19.4. The van der Waals surface area contributed by atoms with Crippen LogP contribution in [0.3, 0.4) is 0 Å². The van der Waals surface area contributed by atoms with Crippen molar-refractivity contribution in [2.45, 2.75) is 13.0 Å². The van der Waals surface area contributed by atoms with Gasteiger partial charge in [-0.3, -0.25) is 10.2 Å². The van der Waals surface area contributed by atoms with Crippen LogP contribution in [0.25, 0.3) is 0 Å². The van der Waals surface area contributed by atoms with Crippen LogP contribution in [-0.2, 0) is 4.79 Å². The van der Waals surface area contributed by atoms with Gasteiger partial charge in [0, 0.05) is 13.1 Å². The Labute approximate surface area is 104 Å². The Balaban J connectivity index is 2.34. The van der Waals surface area contributed by atoms with Crippen LogP contribution in [0.15, 0.2) is 0 Å². The molecule has 9 nitrogen and oxygen atoms in total. The summed E-state index contributed by atoms with van der Waals surface area (Å²) in [5, 5.41) is 2.77. The summed E-state index contributed by atoms with van der Waals surface area (Å²) in [6.07, 6.45) is 0. The molecule has 0 saturated carbocycles. The van der Waals surface area contributed by atoms with E-state index in [1.807, 2.05) is 0 Å². The fourth-order valence-electron chi connectivity index (χ4n) is 1.69. The molecule has 0 bridgehead atoms. The standard InChI is InChI=1S/C9H15N7O2/c1-5-6(17)11-3-4-16(5)8-12-7(15-10)13-9(14-8)18-2/h5H,3-4,10H2,1-2H3,(H,11,17)(H,12,13,14,15). The summed E-state index contributed by atoms with van der Waals surface area (Å²) < 4.78 is 4.97. The van der Waals surface area contributed by atoms with Crippen LogP contribution >= 0.6 is 0 Å². The third-order valence-electron chi connectivity index (χ3n) is 2.67. The molecule has 2 rings (SSSR count). The molecule has 2 heterocycles. The van der Waals surface area contributed by atoms with Crippen molar-refractivity contribution in [3.63, 3.8) is 0 Å². The maximum Gasteiger partial charge on any atom is 0.322 e. The van der Waals surface area contributed by atoms with Gasteiger partial charge in [0.2, 0.25) is 17.8 Å². The average molecular weight is 253 g/mol. The van der Waals surface area contributed by atoms with Gasteiger partial charge in [-0.25, -0.2) is 5.84 Å². The summed E-state index contributed by atoms with van der Waals surface area (Å²) in [6, 6.07) is -0.206. The molecule has 1 amide bonds. The summed E-state index contributed by atoms with van der Waals surface area (Å²) in [5.74, 6) is 5.76. The second-order valence-corrected chi connectivity index (χ2v) is 3.75. The SMILES string of the molecule is COc1nc(NN)nc(N2CCNC(=O)C2C)n1. The number of carbonyl (C=O) groups is 1. The number of ether oxygens (including phenoxy) is 1. The number of hydrazine groups is 1. The van der Waals surface area contributed by atoms with E-state index in [1.165, 1.54) is 7.11 Å². The first kappa shape index (κ1) is 12.3. The van der Waals surface area contributed by atoms with Gasteiger partial charge in [-0.2, -0.15) is 15.0 Å². The van der Waals surface area contributed by atoms with Crippen LogP contribution in [0.5, 0.6) is 6.01 Å². The quantitative estimate of drug-likeness (QED) is 0.439. The number of amides is 1. The molecule has 0 aliphatic carbocycles. The molecular weight excluding hydrogens is 238 g/mol. The zero-order chi connectivity index (χ0) is 13.1. The molecule has 4 N–H and O–H groups in total. The lowest BCUT2D eigenvalue weighted by molar-refractivity contribution is -0.122. The summed E-state index contributed by atoms with van der Waals surface area (Å²) >= 11 is 0. The number of hydrogen-bond donors (Lipinski definition) is 3. The van der Waals surface area contributed by atoms with Gasteiger partial charge < -0.3 is 15.0 Å². The minimum absolute atomic E-state index is 0.0668. The Kier molecular flexibility index (Phi) is 3.42. The van der Waals surface area contributed by atoms with Gasteiger partial charge in [0.25, 0.3) is 0 Å². The van der Waals surface area contributed by atoms with Gasteiger partial charge in [0.1, 0.15) is 6.04 Å². The highest BCUT2D eigenvalue weighted by Gasteiger charge is 2.28. The lowest BCUT2D eigenvalue weighted by Crippen LogP contribution is -2.54. The second kappa shape index (κ2) is 5.00. The van der Waals surface area contributed by atoms with E-state index in [0.717, 1.165) is 0 Å². The van der Waals surface area contributed by atoms with Crippen molar-refractivity contribution in [1.82, 2.24) is 20.3 Å². The van der Waals surface area contributed by atoms with E-state index in [0.29, 0.717) is 19.0 Å². The van der Waals surface area contributed by atoms with Crippen molar-refractivity contribution in [3.05, 3.63) is 0 Å². The van der Waals surface area contributed by atoms with E-state index in [1.54, 1.807) is 11.8 Å². The lowest BCUT2D eigenvalue weighted by atomic mass is 10.2. The molecule has 98 valence electrons. The van der Waals surface area contributed by atoms with Gasteiger partial charge in [-0.1, -0.05) is 0 Å². The third-order valence-corrected chi connectivity index (χ3v) is 2.67. The minimum Gasteiger partial charge on any atom is -0.467 e. The Morgan fingerprint density at radius 2 is 2.28 bits per heavy atom. The molecule has 1 atom stereocenters. The zero-order valence-corrected chi connectivity index (χ0v) is 10.2. The number of rotatable bonds is 3. The van der Waals surface area contributed by atoms with Crippen molar-refractivity contribution in [2.75, 3.05) is 30.5 Å². The predicted octanol–water partition coefficient (Wildman–Crippen LogP) is -1.51. The molecule has 9 heteroatoms. The Bertz CT molecular complexity index is 430. The summed E-state index contributed by atoms with van der Waals surface area (Å²) in [7, 11) is 1.45. The highest BCUT2D eigenvalue weighted by atomic mass is 16.5. The van der Waals surface area contributed by atoms with Gasteiger partial charge in [-0.05, 0) is 6.92 Å². The number of hydrogen-bond acceptors (Lipinski definition) is 8. The Hall–Kier alpha value is -2.16. The number of methoxy groups -OCH3 is 1. The van der Waals surface area contributed by atoms with Gasteiger partial charge in [0.15, 0.2) is 0 Å². The van der Waals surface area contributed by atoms with Crippen molar-refractivity contribution in [2.24, 2.45) is 5.84 Å². The van der Waals surface area contributed by atoms with E-state index < -0.39 is 0 Å². The lowest BCUT2D eigenvalue weighted by Gasteiger charge is -2.32. The largest absolute Gasteiger partial charge is 0.467 e. The molecule has 18 heavy (non-hydrogen) atoms. The summed E-state index contributed by atoms with van der Waals surface area (Å²) in [4.78, 5) is 25.5. The predicted molar refractivity (Wildman–Crippen MR) is 64.0 cm³/mol. The Morgan fingerprint density at radius 1 is 1.50 bits per heavy atom. The number of nitrogens with two attached hydrogens (primary N) is 1. The van der Waals surface area contributed by atoms with Crippen LogP contribution in [0.1, 0.15) is 6.92 Å². The number of nitrogens with one attached hydrogen (secondary N) is 2. The Morgan fingerprint density at radius 3 is 2.94 bits per heavy atom. The fraction of sp³-hybridized carbons (Fsp3) is 0.556. The molecule has 0 radical (unpaired) electrons. The first-order valence-corrected chi connectivity index (χ1v) is 5.46. The number of anilines is 2. The van der Waals surface area contributed by atoms with Gasteiger partial charge >= 0.3 is 6.01 Å². The highest BCUT2D eigenvalue weighted by molar-refractivity contribution is 5.85. The summed E-state index contributed by atoms with van der Waals surface area (Å²) in [6.45, 7) is 2.94. The number of nitrogen functional groups attached to an aromatic ring is 1. The van der Waals surface area contributed by atoms with Crippen molar-refractivity contribution in [1.29, 1.82) is 0 Å². The first-order chi connectivity index (χ1) is 8.65. The highest BCUT2D eigenvalue weighted by Crippen LogP contribution is 2.17. The molecule has 1 fully saturated rings. The first-order valence-electron chi connectivity index (χ1n) is 5.46. The fourth-order valence-corrected chi connectivity index (χ4v) is 1.69. The topological polar surface area (TPSA) is 118 Å². The van der Waals surface area contributed by atoms with E-state index in [-0.39, 0.29) is 23.9 Å². The van der Waals surface area contributed by atoms with Crippen molar-refractivity contribution >= 4 is 17.8 Å². The summed E-state index contributed by atoms with van der Waals surface area (Å²) in [5.41, 5.74) is 2.34. The molecule has 0 aromatic carbocycles. The number of carbonyl (C=O) groups excluding carboxylic acids is 1. The number of nitrogens with zero attached hydrogens (tertiary/aromatic N) is 4. The van der Waals surface area contributed by atoms with Gasteiger partial charge in [-0.15, -0.1) is 0 Å². The maximum absolute atomic E-state index is 11.6. The zero-order valence-electron chi connectivity index (χ0n) is 10.2. The van der Waals surface area contributed by atoms with Crippen LogP contribution in [0, 0.1) is 0 Å². The molecule has 1 aromatic rings. The smallest absolute Gasteiger partial charge is 0.322 e. The maximum atomic E-state index is 11.6. The van der Waals surface area contributed by atoms with Crippen LogP contribution < -0.4 is 26.2 Å². The molecular formula is C9H15N7O2. The molecule has 1 aromatic heterocycles. The molecule has 1 unspecified atom stereocenters. The molecule has 1 aliphatic heterocycles. The van der Waals surface area contributed by atoms with E-state index in [2.05, 4.69) is 25.7 Å². The van der Waals surface area contributed by atoms with E-state index in [9.17, 15) is 4.79 Å². The minimum atomic E-state index is -0.350. The van der Waals surface area contributed by atoms with Gasteiger partial charge in [0.05, 0.1) is 7.11 Å².